The Morgan fingerprint density at radius 1 is 1.16 bits per heavy atom. The van der Waals surface area contributed by atoms with Crippen molar-refractivity contribution in [1.29, 1.82) is 0 Å². The van der Waals surface area contributed by atoms with E-state index in [0.717, 1.165) is 0 Å². The monoisotopic (exact) mass is 318 g/mol. The van der Waals surface area contributed by atoms with E-state index < -0.39 is 0 Å². The SMILES string of the molecule is CC(=O)c1cccc(NC(=O)c2cccc(Br)n2)c1. The van der Waals surface area contributed by atoms with Crippen LogP contribution in [0.25, 0.3) is 0 Å². The Morgan fingerprint density at radius 2 is 1.89 bits per heavy atom. The zero-order valence-electron chi connectivity index (χ0n) is 10.2. The smallest absolute Gasteiger partial charge is 0.274 e. The molecule has 0 spiro atoms. The number of anilines is 1. The number of ketones is 1. The molecule has 2 rings (SSSR count). The second-order valence-electron chi connectivity index (χ2n) is 3.94. The van der Waals surface area contributed by atoms with E-state index in [1.165, 1.54) is 6.92 Å². The van der Waals surface area contributed by atoms with E-state index in [2.05, 4.69) is 26.2 Å². The molecule has 1 heterocycles. The van der Waals surface area contributed by atoms with E-state index in [1.54, 1.807) is 42.5 Å². The largest absolute Gasteiger partial charge is 0.321 e. The summed E-state index contributed by atoms with van der Waals surface area (Å²) in [5, 5.41) is 2.71. The number of halogens is 1. The van der Waals surface area contributed by atoms with Gasteiger partial charge in [-0.05, 0) is 47.1 Å². The first-order valence-corrected chi connectivity index (χ1v) is 6.40. The van der Waals surface area contributed by atoms with Gasteiger partial charge < -0.3 is 5.32 Å². The van der Waals surface area contributed by atoms with Crippen LogP contribution in [-0.2, 0) is 0 Å². The molecule has 0 bridgehead atoms. The summed E-state index contributed by atoms with van der Waals surface area (Å²) in [6, 6.07) is 11.9. The highest BCUT2D eigenvalue weighted by Crippen LogP contribution is 2.13. The minimum absolute atomic E-state index is 0.0447. The lowest BCUT2D eigenvalue weighted by atomic mass is 10.1. The van der Waals surface area contributed by atoms with Crippen LogP contribution >= 0.6 is 15.9 Å². The van der Waals surface area contributed by atoms with Crippen molar-refractivity contribution in [2.24, 2.45) is 0 Å². The number of nitrogens with one attached hydrogen (secondary N) is 1. The highest BCUT2D eigenvalue weighted by molar-refractivity contribution is 9.10. The molecule has 4 nitrogen and oxygen atoms in total. The molecular formula is C14H11BrN2O2. The maximum atomic E-state index is 12.0. The average molecular weight is 319 g/mol. The summed E-state index contributed by atoms with van der Waals surface area (Å²) in [5.41, 5.74) is 1.43. The van der Waals surface area contributed by atoms with Crippen LogP contribution in [0.1, 0.15) is 27.8 Å². The Morgan fingerprint density at radius 3 is 2.58 bits per heavy atom. The van der Waals surface area contributed by atoms with Gasteiger partial charge in [-0.15, -0.1) is 0 Å². The van der Waals surface area contributed by atoms with E-state index in [0.29, 0.717) is 21.5 Å². The number of aromatic nitrogens is 1. The molecule has 0 atom stereocenters. The molecule has 19 heavy (non-hydrogen) atoms. The van der Waals surface area contributed by atoms with E-state index in [9.17, 15) is 9.59 Å². The Bertz CT molecular complexity index is 641. The molecule has 2 aromatic rings. The first kappa shape index (κ1) is 13.4. The van der Waals surface area contributed by atoms with Crippen LogP contribution in [0.3, 0.4) is 0 Å². The standard InChI is InChI=1S/C14H11BrN2O2/c1-9(18)10-4-2-5-11(8-10)16-14(19)12-6-3-7-13(15)17-12/h2-8H,1H3,(H,16,19). The third kappa shape index (κ3) is 3.48. The molecule has 0 unspecified atom stereocenters. The van der Waals surface area contributed by atoms with Crippen LogP contribution in [0.4, 0.5) is 5.69 Å². The lowest BCUT2D eigenvalue weighted by Crippen LogP contribution is -2.13. The first-order valence-electron chi connectivity index (χ1n) is 5.61. The number of rotatable bonds is 3. The van der Waals surface area contributed by atoms with Crippen LogP contribution in [0.2, 0.25) is 0 Å². The quantitative estimate of drug-likeness (QED) is 0.697. The van der Waals surface area contributed by atoms with Gasteiger partial charge in [0.25, 0.3) is 5.91 Å². The molecule has 1 aromatic heterocycles. The number of benzene rings is 1. The molecule has 0 fully saturated rings. The molecule has 0 saturated carbocycles. The number of hydrogen-bond acceptors (Lipinski definition) is 3. The lowest BCUT2D eigenvalue weighted by Gasteiger charge is -2.06. The van der Waals surface area contributed by atoms with Crippen molar-refractivity contribution in [2.75, 3.05) is 5.32 Å². The Labute approximate surface area is 119 Å². The van der Waals surface area contributed by atoms with Gasteiger partial charge in [0.15, 0.2) is 5.78 Å². The summed E-state index contributed by atoms with van der Waals surface area (Å²) in [6.07, 6.45) is 0. The zero-order valence-corrected chi connectivity index (χ0v) is 11.8. The molecule has 0 aliphatic heterocycles. The summed E-state index contributed by atoms with van der Waals surface area (Å²) in [4.78, 5) is 27.3. The van der Waals surface area contributed by atoms with Crippen molar-refractivity contribution in [3.8, 4) is 0 Å². The average Bonchev–Trinajstić information content (AvgIpc) is 2.39. The van der Waals surface area contributed by atoms with Crippen LogP contribution in [0.15, 0.2) is 47.1 Å². The molecule has 1 amide bonds. The topological polar surface area (TPSA) is 59.1 Å². The maximum absolute atomic E-state index is 12.0. The summed E-state index contributed by atoms with van der Waals surface area (Å²) in [5.74, 6) is -0.362. The molecule has 1 N–H and O–H groups in total. The number of nitrogens with zero attached hydrogens (tertiary/aromatic N) is 1. The van der Waals surface area contributed by atoms with Crippen LogP contribution in [0.5, 0.6) is 0 Å². The van der Waals surface area contributed by atoms with E-state index in [1.807, 2.05) is 0 Å². The van der Waals surface area contributed by atoms with Crippen molar-refractivity contribution < 1.29 is 9.59 Å². The van der Waals surface area contributed by atoms with Crippen LogP contribution in [-0.4, -0.2) is 16.7 Å². The second kappa shape index (κ2) is 5.75. The molecule has 1 aromatic carbocycles. The minimum atomic E-state index is -0.318. The highest BCUT2D eigenvalue weighted by atomic mass is 79.9. The van der Waals surface area contributed by atoms with Crippen molar-refractivity contribution in [3.05, 3.63) is 58.3 Å². The minimum Gasteiger partial charge on any atom is -0.321 e. The van der Waals surface area contributed by atoms with Gasteiger partial charge >= 0.3 is 0 Å². The third-order valence-electron chi connectivity index (χ3n) is 2.47. The Hall–Kier alpha value is -2.01. The number of hydrogen-bond donors (Lipinski definition) is 1. The fourth-order valence-electron chi connectivity index (χ4n) is 1.55. The molecule has 0 radical (unpaired) electrons. The maximum Gasteiger partial charge on any atom is 0.274 e. The van der Waals surface area contributed by atoms with E-state index in [4.69, 9.17) is 0 Å². The number of Topliss-reactive ketones (excluding diaryl/α,β-unsaturated/α-hetero) is 1. The number of pyridine rings is 1. The summed E-state index contributed by atoms with van der Waals surface area (Å²) < 4.78 is 0.595. The van der Waals surface area contributed by atoms with Gasteiger partial charge in [0.2, 0.25) is 0 Å². The van der Waals surface area contributed by atoms with Gasteiger partial charge in [-0.1, -0.05) is 18.2 Å². The van der Waals surface area contributed by atoms with Gasteiger partial charge in [-0.3, -0.25) is 9.59 Å². The van der Waals surface area contributed by atoms with Crippen LogP contribution in [0, 0.1) is 0 Å². The van der Waals surface area contributed by atoms with Crippen molar-refractivity contribution >= 4 is 33.3 Å². The van der Waals surface area contributed by atoms with E-state index >= 15 is 0 Å². The molecule has 96 valence electrons. The Kier molecular flexibility index (Phi) is 4.06. The highest BCUT2D eigenvalue weighted by Gasteiger charge is 2.08. The molecule has 5 heteroatoms. The van der Waals surface area contributed by atoms with Gasteiger partial charge in [0.1, 0.15) is 10.3 Å². The fraction of sp³-hybridized carbons (Fsp3) is 0.0714. The second-order valence-corrected chi connectivity index (χ2v) is 4.75. The fourth-order valence-corrected chi connectivity index (χ4v) is 1.89. The Balaban J connectivity index is 2.19. The summed E-state index contributed by atoms with van der Waals surface area (Å²) in [7, 11) is 0. The van der Waals surface area contributed by atoms with Gasteiger partial charge in [0, 0.05) is 11.3 Å². The summed E-state index contributed by atoms with van der Waals surface area (Å²) in [6.45, 7) is 1.48. The van der Waals surface area contributed by atoms with Gasteiger partial charge in [-0.25, -0.2) is 4.98 Å². The number of amides is 1. The third-order valence-corrected chi connectivity index (χ3v) is 2.92. The normalized spacial score (nSPS) is 10.0. The predicted molar refractivity (Wildman–Crippen MR) is 76.3 cm³/mol. The van der Waals surface area contributed by atoms with Gasteiger partial charge in [-0.2, -0.15) is 0 Å². The molecule has 0 saturated heterocycles. The van der Waals surface area contributed by atoms with Crippen molar-refractivity contribution in [3.63, 3.8) is 0 Å². The number of carbonyl (C=O) groups excluding carboxylic acids is 2. The van der Waals surface area contributed by atoms with Crippen LogP contribution < -0.4 is 5.32 Å². The van der Waals surface area contributed by atoms with Crippen molar-refractivity contribution in [1.82, 2.24) is 4.98 Å². The lowest BCUT2D eigenvalue weighted by molar-refractivity contribution is 0.100. The van der Waals surface area contributed by atoms with Crippen molar-refractivity contribution in [2.45, 2.75) is 6.92 Å². The number of carbonyl (C=O) groups is 2. The molecule has 0 aliphatic carbocycles. The first-order chi connectivity index (χ1) is 9.06. The summed E-state index contributed by atoms with van der Waals surface area (Å²) >= 11 is 3.21. The predicted octanol–water partition coefficient (Wildman–Crippen LogP) is 3.30. The molecular weight excluding hydrogens is 308 g/mol. The zero-order chi connectivity index (χ0) is 13.8. The van der Waals surface area contributed by atoms with Gasteiger partial charge in [0.05, 0.1) is 0 Å². The molecule has 0 aliphatic rings. The van der Waals surface area contributed by atoms with E-state index in [-0.39, 0.29) is 11.7 Å².